The summed E-state index contributed by atoms with van der Waals surface area (Å²) in [6.07, 6.45) is 2.62. The number of alkyl halides is 1. The number of rotatable bonds is 3. The Morgan fingerprint density at radius 2 is 2.18 bits per heavy atom. The third-order valence-corrected chi connectivity index (χ3v) is 4.02. The Labute approximate surface area is 109 Å². The number of nitrogens with zero attached hydrogens (tertiary/aromatic N) is 2. The first kappa shape index (κ1) is 10.9. The largest absolute Gasteiger partial charge is 0.332 e. The average molecular weight is 289 g/mol. The average Bonchev–Trinajstić information content (AvgIpc) is 3.10. The van der Waals surface area contributed by atoms with Crippen molar-refractivity contribution in [1.29, 1.82) is 5.26 Å². The highest BCUT2D eigenvalue weighted by molar-refractivity contribution is 9.08. The number of hydrogen-bond acceptors (Lipinski definition) is 1. The summed E-state index contributed by atoms with van der Waals surface area (Å²) >= 11 is 3.46. The second kappa shape index (κ2) is 4.19. The van der Waals surface area contributed by atoms with Crippen LogP contribution in [0.1, 0.15) is 24.1 Å². The van der Waals surface area contributed by atoms with Crippen molar-refractivity contribution in [1.82, 2.24) is 4.57 Å². The summed E-state index contributed by atoms with van der Waals surface area (Å²) in [5, 5.41) is 11.2. The van der Waals surface area contributed by atoms with Gasteiger partial charge >= 0.3 is 0 Å². The molecule has 1 heterocycles. The van der Waals surface area contributed by atoms with Gasteiger partial charge in [-0.25, -0.2) is 0 Å². The smallest absolute Gasteiger partial charge is 0.121 e. The maximum absolute atomic E-state index is 9.20. The first-order chi connectivity index (χ1) is 8.31. The summed E-state index contributed by atoms with van der Waals surface area (Å²) in [6, 6.07) is 10.7. The van der Waals surface area contributed by atoms with Crippen molar-refractivity contribution < 1.29 is 0 Å². The van der Waals surface area contributed by atoms with E-state index in [0.29, 0.717) is 0 Å². The fourth-order valence-corrected chi connectivity index (χ4v) is 2.60. The zero-order valence-corrected chi connectivity index (χ0v) is 11.1. The zero-order chi connectivity index (χ0) is 11.8. The molecule has 1 aliphatic carbocycles. The molecule has 0 N–H and O–H groups in total. The van der Waals surface area contributed by atoms with Crippen LogP contribution in [0.5, 0.6) is 0 Å². The van der Waals surface area contributed by atoms with E-state index < -0.39 is 0 Å². The van der Waals surface area contributed by atoms with Gasteiger partial charge in [0.05, 0.1) is 0 Å². The second-order valence-corrected chi connectivity index (χ2v) is 5.28. The predicted octanol–water partition coefficient (Wildman–Crippen LogP) is 3.82. The highest BCUT2D eigenvalue weighted by Gasteiger charge is 2.23. The monoisotopic (exact) mass is 288 g/mol. The van der Waals surface area contributed by atoms with Gasteiger partial charge in [0.1, 0.15) is 11.8 Å². The van der Waals surface area contributed by atoms with Crippen LogP contribution in [0.2, 0.25) is 0 Å². The zero-order valence-electron chi connectivity index (χ0n) is 9.49. The summed E-state index contributed by atoms with van der Waals surface area (Å²) in [7, 11) is 0. The highest BCUT2D eigenvalue weighted by Crippen LogP contribution is 2.33. The van der Waals surface area contributed by atoms with Crippen LogP contribution in [0.4, 0.5) is 0 Å². The highest BCUT2D eigenvalue weighted by atomic mass is 79.9. The Balaban J connectivity index is 2.13. The van der Waals surface area contributed by atoms with E-state index in [-0.39, 0.29) is 0 Å². The van der Waals surface area contributed by atoms with E-state index in [9.17, 15) is 5.26 Å². The van der Waals surface area contributed by atoms with Crippen LogP contribution in [0, 0.1) is 17.2 Å². The molecule has 0 radical (unpaired) electrons. The summed E-state index contributed by atoms with van der Waals surface area (Å²) < 4.78 is 2.17. The molecule has 0 saturated heterocycles. The van der Waals surface area contributed by atoms with E-state index in [4.69, 9.17) is 0 Å². The first-order valence-corrected chi connectivity index (χ1v) is 7.02. The Bertz CT molecular complexity index is 602. The minimum Gasteiger partial charge on any atom is -0.332 e. The number of halogens is 1. The number of aromatic nitrogens is 1. The van der Waals surface area contributed by atoms with Crippen molar-refractivity contribution in [2.45, 2.75) is 24.7 Å². The summed E-state index contributed by atoms with van der Waals surface area (Å²) in [4.78, 5) is 0. The molecule has 0 atom stereocenters. The van der Waals surface area contributed by atoms with E-state index >= 15 is 0 Å². The van der Waals surface area contributed by atoms with Crippen LogP contribution in [0.3, 0.4) is 0 Å². The first-order valence-electron chi connectivity index (χ1n) is 5.90. The molecule has 0 aliphatic heterocycles. The fourth-order valence-electron chi connectivity index (χ4n) is 2.25. The number of nitriles is 1. The summed E-state index contributed by atoms with van der Waals surface area (Å²) in [5.41, 5.74) is 3.24. The van der Waals surface area contributed by atoms with Crippen LogP contribution in [0.25, 0.3) is 10.9 Å². The van der Waals surface area contributed by atoms with Crippen LogP contribution in [0.15, 0.2) is 24.3 Å². The van der Waals surface area contributed by atoms with Crippen LogP contribution in [-0.4, -0.2) is 4.57 Å². The minimum atomic E-state index is 0.786. The predicted molar refractivity (Wildman–Crippen MR) is 72.0 cm³/mol. The lowest BCUT2D eigenvalue weighted by Crippen LogP contribution is -2.01. The lowest BCUT2D eigenvalue weighted by atomic mass is 10.2. The molecule has 17 heavy (non-hydrogen) atoms. The molecule has 1 fully saturated rings. The van der Waals surface area contributed by atoms with Gasteiger partial charge in [0.15, 0.2) is 0 Å². The molecule has 2 nitrogen and oxygen atoms in total. The second-order valence-electron chi connectivity index (χ2n) is 4.72. The molecule has 0 unspecified atom stereocenters. The molecule has 3 rings (SSSR count). The number of benzene rings is 1. The van der Waals surface area contributed by atoms with E-state index in [1.54, 1.807) is 0 Å². The van der Waals surface area contributed by atoms with E-state index in [0.717, 1.165) is 23.5 Å². The van der Waals surface area contributed by atoms with Crippen LogP contribution >= 0.6 is 15.9 Å². The molecule has 1 aromatic carbocycles. The summed E-state index contributed by atoms with van der Waals surface area (Å²) in [6.45, 7) is 1.00. The van der Waals surface area contributed by atoms with Gasteiger partial charge in [-0.1, -0.05) is 22.0 Å². The molecule has 1 aliphatic rings. The van der Waals surface area contributed by atoms with Gasteiger partial charge in [-0.2, -0.15) is 5.26 Å². The molecule has 0 amide bonds. The van der Waals surface area contributed by atoms with Gasteiger partial charge in [-0.15, -0.1) is 0 Å². The van der Waals surface area contributed by atoms with Gasteiger partial charge in [0.25, 0.3) is 0 Å². The van der Waals surface area contributed by atoms with E-state index in [1.807, 2.05) is 6.07 Å². The Morgan fingerprint density at radius 3 is 2.82 bits per heavy atom. The molecule has 3 heteroatoms. The van der Waals surface area contributed by atoms with Crippen LogP contribution in [-0.2, 0) is 11.9 Å². The molecule has 1 saturated carbocycles. The maximum atomic E-state index is 9.20. The lowest BCUT2D eigenvalue weighted by molar-refractivity contribution is 0.641. The Kier molecular flexibility index (Phi) is 2.68. The van der Waals surface area contributed by atoms with Gasteiger partial charge < -0.3 is 4.57 Å². The van der Waals surface area contributed by atoms with E-state index in [1.165, 1.54) is 29.3 Å². The Hall–Kier alpha value is -1.27. The van der Waals surface area contributed by atoms with Crippen molar-refractivity contribution in [2.24, 2.45) is 5.92 Å². The molecule has 1 aromatic heterocycles. The molecular formula is C14H13BrN2. The quantitative estimate of drug-likeness (QED) is 0.790. The van der Waals surface area contributed by atoms with E-state index in [2.05, 4.69) is 44.8 Å². The molecule has 2 aromatic rings. The molecule has 86 valence electrons. The minimum absolute atomic E-state index is 0.786. The van der Waals surface area contributed by atoms with Crippen molar-refractivity contribution in [2.75, 3.05) is 0 Å². The molecular weight excluding hydrogens is 276 g/mol. The standard InChI is InChI=1S/C14H13BrN2/c15-7-11-3-4-14-12(5-11)6-13(8-16)17(14)9-10-1-2-10/h3-6,10H,1-2,7,9H2. The van der Waals surface area contributed by atoms with Gasteiger partial charge in [-0.05, 0) is 42.5 Å². The topological polar surface area (TPSA) is 28.7 Å². The van der Waals surface area contributed by atoms with Crippen molar-refractivity contribution in [3.8, 4) is 6.07 Å². The number of hydrogen-bond donors (Lipinski definition) is 0. The fraction of sp³-hybridized carbons (Fsp3) is 0.357. The number of fused-ring (bicyclic) bond motifs is 1. The van der Waals surface area contributed by atoms with Crippen molar-refractivity contribution in [3.63, 3.8) is 0 Å². The summed E-state index contributed by atoms with van der Waals surface area (Å²) in [5.74, 6) is 0.786. The van der Waals surface area contributed by atoms with Gasteiger partial charge in [0, 0.05) is 22.8 Å². The van der Waals surface area contributed by atoms with Crippen LogP contribution < -0.4 is 0 Å². The van der Waals surface area contributed by atoms with Gasteiger partial charge in [0.2, 0.25) is 0 Å². The third-order valence-electron chi connectivity index (χ3n) is 3.37. The lowest BCUT2D eigenvalue weighted by Gasteiger charge is -2.05. The SMILES string of the molecule is N#Cc1cc2cc(CBr)ccc2n1CC1CC1. The normalized spacial score (nSPS) is 15.1. The molecule has 0 spiro atoms. The van der Waals surface area contributed by atoms with Crippen molar-refractivity contribution >= 4 is 26.8 Å². The third kappa shape index (κ3) is 1.98. The van der Waals surface area contributed by atoms with Crippen molar-refractivity contribution in [3.05, 3.63) is 35.5 Å². The molecule has 0 bridgehead atoms. The maximum Gasteiger partial charge on any atom is 0.121 e. The Morgan fingerprint density at radius 1 is 1.35 bits per heavy atom. The van der Waals surface area contributed by atoms with Gasteiger partial charge in [-0.3, -0.25) is 0 Å².